The largest absolute Gasteiger partial charge is 0.454 e. The van der Waals surface area contributed by atoms with E-state index in [1.54, 1.807) is 50.2 Å². The normalized spacial score (nSPS) is 13.2. The molecule has 0 aromatic heterocycles. The summed E-state index contributed by atoms with van der Waals surface area (Å²) in [4.78, 5) is 27.2. The van der Waals surface area contributed by atoms with E-state index in [1.165, 1.54) is 9.21 Å². The van der Waals surface area contributed by atoms with Crippen LogP contribution in [0.25, 0.3) is 0 Å². The molecule has 2 aromatic rings. The molecule has 1 heterocycles. The Morgan fingerprint density at radius 2 is 1.81 bits per heavy atom. The maximum Gasteiger partial charge on any atom is 0.242 e. The lowest BCUT2D eigenvalue weighted by Gasteiger charge is -2.29. The molecule has 0 unspecified atom stereocenters. The number of hydrogen-bond acceptors (Lipinski definition) is 6. The summed E-state index contributed by atoms with van der Waals surface area (Å²) < 4.78 is 36.9. The molecule has 1 atom stereocenters. The first-order chi connectivity index (χ1) is 17.0. The van der Waals surface area contributed by atoms with Crippen molar-refractivity contribution < 1.29 is 27.5 Å². The standard InChI is InChI=1S/C24H29Cl2N3O6S/c1-4-27-24(31)16(2)28(14-17-7-9-19(25)20(26)12-17)23(30)6-5-11-29(36(3,32)33)18-8-10-21-22(13-18)35-15-34-21/h7-10,12-13,16H,4-6,11,14-15H2,1-3H3,(H,27,31)/t16-/m1/s1. The van der Waals surface area contributed by atoms with Gasteiger partial charge in [0, 0.05) is 32.1 Å². The second-order valence-electron chi connectivity index (χ2n) is 8.32. The fourth-order valence-corrected chi connectivity index (χ4v) is 5.06. The monoisotopic (exact) mass is 557 g/mol. The molecule has 0 radical (unpaired) electrons. The molecule has 3 rings (SSSR count). The third-order valence-electron chi connectivity index (χ3n) is 5.65. The van der Waals surface area contributed by atoms with Crippen LogP contribution >= 0.6 is 23.2 Å². The molecule has 12 heteroatoms. The number of halogens is 2. The zero-order valence-corrected chi connectivity index (χ0v) is 22.6. The van der Waals surface area contributed by atoms with Crippen molar-refractivity contribution in [1.82, 2.24) is 10.2 Å². The lowest BCUT2D eigenvalue weighted by molar-refractivity contribution is -0.140. The van der Waals surface area contributed by atoms with Gasteiger partial charge in [-0.05, 0) is 50.1 Å². The van der Waals surface area contributed by atoms with Gasteiger partial charge in [0.25, 0.3) is 0 Å². The van der Waals surface area contributed by atoms with Crippen molar-refractivity contribution in [2.45, 2.75) is 39.3 Å². The minimum absolute atomic E-state index is 0.0294. The van der Waals surface area contributed by atoms with Crippen molar-refractivity contribution in [3.8, 4) is 11.5 Å². The highest BCUT2D eigenvalue weighted by atomic mass is 35.5. The zero-order valence-electron chi connectivity index (χ0n) is 20.3. The highest BCUT2D eigenvalue weighted by Crippen LogP contribution is 2.36. The number of sulfonamides is 1. The third-order valence-corrected chi connectivity index (χ3v) is 7.58. The number of hydrogen-bond donors (Lipinski definition) is 1. The van der Waals surface area contributed by atoms with E-state index >= 15 is 0 Å². The minimum atomic E-state index is -3.63. The Morgan fingerprint density at radius 1 is 1.08 bits per heavy atom. The lowest BCUT2D eigenvalue weighted by Crippen LogP contribution is -2.47. The number of carbonyl (C=O) groups is 2. The minimum Gasteiger partial charge on any atom is -0.454 e. The fraction of sp³-hybridized carbons (Fsp3) is 0.417. The number of anilines is 1. The van der Waals surface area contributed by atoms with Crippen LogP contribution in [-0.4, -0.2) is 57.3 Å². The molecule has 9 nitrogen and oxygen atoms in total. The van der Waals surface area contributed by atoms with Gasteiger partial charge < -0.3 is 19.7 Å². The van der Waals surface area contributed by atoms with Crippen molar-refractivity contribution in [3.63, 3.8) is 0 Å². The van der Waals surface area contributed by atoms with E-state index in [2.05, 4.69) is 5.32 Å². The van der Waals surface area contributed by atoms with Gasteiger partial charge in [-0.25, -0.2) is 8.42 Å². The molecule has 36 heavy (non-hydrogen) atoms. The summed E-state index contributed by atoms with van der Waals surface area (Å²) >= 11 is 12.1. The summed E-state index contributed by atoms with van der Waals surface area (Å²) in [6.45, 7) is 4.16. The van der Waals surface area contributed by atoms with Crippen molar-refractivity contribution in [2.24, 2.45) is 0 Å². The molecule has 1 aliphatic heterocycles. The van der Waals surface area contributed by atoms with Crippen molar-refractivity contribution in [1.29, 1.82) is 0 Å². The van der Waals surface area contributed by atoms with Gasteiger partial charge in [0.15, 0.2) is 11.5 Å². The number of fused-ring (bicyclic) bond motifs is 1. The zero-order chi connectivity index (χ0) is 26.5. The smallest absolute Gasteiger partial charge is 0.242 e. The SMILES string of the molecule is CCNC(=O)[C@@H](C)N(Cc1ccc(Cl)c(Cl)c1)C(=O)CCCN(c1ccc2c(c1)OCO2)S(C)(=O)=O. The molecule has 1 N–H and O–H groups in total. The van der Waals surface area contributed by atoms with Gasteiger partial charge in [-0.1, -0.05) is 29.3 Å². The van der Waals surface area contributed by atoms with Crippen LogP contribution < -0.4 is 19.1 Å². The fourth-order valence-electron chi connectivity index (χ4n) is 3.78. The second-order valence-corrected chi connectivity index (χ2v) is 11.0. The first-order valence-corrected chi connectivity index (χ1v) is 14.0. The quantitative estimate of drug-likeness (QED) is 0.450. The Hall–Kier alpha value is -2.69. The molecule has 0 fully saturated rings. The van der Waals surface area contributed by atoms with Crippen LogP contribution in [0.3, 0.4) is 0 Å². The van der Waals surface area contributed by atoms with Gasteiger partial charge in [0.2, 0.25) is 28.6 Å². The molecule has 0 aliphatic carbocycles. The second kappa shape index (κ2) is 12.0. The van der Waals surface area contributed by atoms with Gasteiger partial charge in [-0.15, -0.1) is 0 Å². The van der Waals surface area contributed by atoms with Crippen LogP contribution in [0, 0.1) is 0 Å². The first kappa shape index (κ1) is 27.9. The molecule has 0 bridgehead atoms. The lowest BCUT2D eigenvalue weighted by atomic mass is 10.1. The number of nitrogens with zero attached hydrogens (tertiary/aromatic N) is 2. The maximum absolute atomic E-state index is 13.3. The van der Waals surface area contributed by atoms with E-state index < -0.39 is 16.1 Å². The van der Waals surface area contributed by atoms with Crippen molar-refractivity contribution in [2.75, 3.05) is 30.4 Å². The summed E-state index contributed by atoms with van der Waals surface area (Å²) in [5.74, 6) is 0.420. The predicted octanol–water partition coefficient (Wildman–Crippen LogP) is 3.82. The third kappa shape index (κ3) is 6.96. The number of benzene rings is 2. The van der Waals surface area contributed by atoms with Crippen LogP contribution in [-0.2, 0) is 26.2 Å². The maximum atomic E-state index is 13.3. The summed E-state index contributed by atoms with van der Waals surface area (Å²) in [6.07, 6.45) is 1.37. The van der Waals surface area contributed by atoms with E-state index in [0.717, 1.165) is 6.26 Å². The molecular formula is C24H29Cl2N3O6S. The highest BCUT2D eigenvalue weighted by molar-refractivity contribution is 7.92. The molecule has 0 saturated carbocycles. The molecule has 2 aromatic carbocycles. The van der Waals surface area contributed by atoms with Gasteiger partial charge in [-0.3, -0.25) is 13.9 Å². The van der Waals surface area contributed by atoms with Crippen LogP contribution in [0.5, 0.6) is 11.5 Å². The van der Waals surface area contributed by atoms with Gasteiger partial charge in [0.1, 0.15) is 6.04 Å². The van der Waals surface area contributed by atoms with Crippen LogP contribution in [0.1, 0.15) is 32.3 Å². The number of ether oxygens (including phenoxy) is 2. The van der Waals surface area contributed by atoms with E-state index in [9.17, 15) is 18.0 Å². The van der Waals surface area contributed by atoms with E-state index in [4.69, 9.17) is 32.7 Å². The summed E-state index contributed by atoms with van der Waals surface area (Å²) in [5.41, 5.74) is 1.13. The summed E-state index contributed by atoms with van der Waals surface area (Å²) in [5, 5.41) is 3.47. The first-order valence-electron chi connectivity index (χ1n) is 11.4. The van der Waals surface area contributed by atoms with E-state index in [-0.39, 0.29) is 44.5 Å². The molecule has 0 spiro atoms. The Kier molecular flexibility index (Phi) is 9.32. The molecule has 196 valence electrons. The summed E-state index contributed by atoms with van der Waals surface area (Å²) in [7, 11) is -3.63. The number of nitrogens with one attached hydrogen (secondary N) is 1. The van der Waals surface area contributed by atoms with Crippen LogP contribution in [0.15, 0.2) is 36.4 Å². The Balaban J connectivity index is 1.74. The number of carbonyl (C=O) groups excluding carboxylic acids is 2. The average molecular weight is 558 g/mol. The molecular weight excluding hydrogens is 529 g/mol. The van der Waals surface area contributed by atoms with Crippen molar-refractivity contribution >= 4 is 50.7 Å². The average Bonchev–Trinajstić information content (AvgIpc) is 3.29. The van der Waals surface area contributed by atoms with Gasteiger partial charge >= 0.3 is 0 Å². The van der Waals surface area contributed by atoms with Gasteiger partial charge in [0.05, 0.1) is 22.0 Å². The Labute approximate surface area is 221 Å². The molecule has 0 saturated heterocycles. The highest BCUT2D eigenvalue weighted by Gasteiger charge is 2.27. The summed E-state index contributed by atoms with van der Waals surface area (Å²) in [6, 6.07) is 9.15. The molecule has 1 aliphatic rings. The Bertz CT molecular complexity index is 1220. The number of likely N-dealkylation sites (N-methyl/N-ethyl adjacent to an activating group) is 1. The van der Waals surface area contributed by atoms with Crippen LogP contribution in [0.4, 0.5) is 5.69 Å². The molecule has 2 amide bonds. The Morgan fingerprint density at radius 3 is 2.47 bits per heavy atom. The van der Waals surface area contributed by atoms with E-state index in [0.29, 0.717) is 39.3 Å². The number of rotatable bonds is 11. The van der Waals surface area contributed by atoms with Gasteiger partial charge in [-0.2, -0.15) is 0 Å². The van der Waals surface area contributed by atoms with Crippen LogP contribution in [0.2, 0.25) is 10.0 Å². The number of amides is 2. The van der Waals surface area contributed by atoms with Crippen molar-refractivity contribution in [3.05, 3.63) is 52.0 Å². The predicted molar refractivity (Wildman–Crippen MR) is 139 cm³/mol. The van der Waals surface area contributed by atoms with E-state index in [1.807, 2.05) is 0 Å². The topological polar surface area (TPSA) is 105 Å².